The molecule has 0 spiro atoms. The highest BCUT2D eigenvalue weighted by atomic mass is 16.5. The largest absolute Gasteiger partial charge is 0.493 e. The van der Waals surface area contributed by atoms with Crippen molar-refractivity contribution in [3.05, 3.63) is 47.5 Å². The minimum atomic E-state index is -0.229. The van der Waals surface area contributed by atoms with E-state index in [4.69, 9.17) is 9.47 Å². The Bertz CT molecular complexity index is 863. The Kier molecular flexibility index (Phi) is 5.64. The zero-order chi connectivity index (χ0) is 19.4. The smallest absolute Gasteiger partial charge is 0.255 e. The number of hydrogen-bond acceptors (Lipinski definition) is 4. The van der Waals surface area contributed by atoms with Gasteiger partial charge in [-0.2, -0.15) is 0 Å². The van der Waals surface area contributed by atoms with E-state index < -0.39 is 0 Å². The van der Waals surface area contributed by atoms with Crippen LogP contribution < -0.4 is 19.7 Å². The number of amides is 2. The molecule has 0 aromatic heterocycles. The molecule has 1 N–H and O–H groups in total. The lowest BCUT2D eigenvalue weighted by Crippen LogP contribution is -2.34. The number of anilines is 2. The molecule has 3 rings (SSSR count). The van der Waals surface area contributed by atoms with Gasteiger partial charge in [0.05, 0.1) is 14.2 Å². The molecular weight excluding hydrogens is 344 g/mol. The van der Waals surface area contributed by atoms with E-state index in [9.17, 15) is 9.59 Å². The van der Waals surface area contributed by atoms with Gasteiger partial charge in [-0.1, -0.05) is 6.92 Å². The molecule has 0 radical (unpaired) electrons. The third kappa shape index (κ3) is 3.89. The molecule has 0 atom stereocenters. The van der Waals surface area contributed by atoms with Crippen LogP contribution in [0.4, 0.5) is 11.4 Å². The van der Waals surface area contributed by atoms with E-state index in [2.05, 4.69) is 5.32 Å². The van der Waals surface area contributed by atoms with Crippen LogP contribution in [-0.4, -0.2) is 32.6 Å². The van der Waals surface area contributed by atoms with Crippen molar-refractivity contribution in [2.45, 2.75) is 26.2 Å². The normalized spacial score (nSPS) is 12.9. The number of nitrogens with zero attached hydrogens (tertiary/aromatic N) is 1. The van der Waals surface area contributed by atoms with Gasteiger partial charge in [-0.05, 0) is 54.8 Å². The van der Waals surface area contributed by atoms with Crippen molar-refractivity contribution in [3.8, 4) is 11.5 Å². The number of rotatable bonds is 5. The van der Waals surface area contributed by atoms with Crippen molar-refractivity contribution in [1.82, 2.24) is 0 Å². The summed E-state index contributed by atoms with van der Waals surface area (Å²) in [5.41, 5.74) is 3.21. The van der Waals surface area contributed by atoms with Crippen molar-refractivity contribution < 1.29 is 19.1 Å². The monoisotopic (exact) mass is 368 g/mol. The average molecular weight is 368 g/mol. The molecule has 2 amide bonds. The van der Waals surface area contributed by atoms with Crippen LogP contribution in [0.25, 0.3) is 0 Å². The van der Waals surface area contributed by atoms with Crippen molar-refractivity contribution in [3.63, 3.8) is 0 Å². The predicted octanol–water partition coefficient (Wildman–Crippen LogP) is 3.65. The standard InChI is InChI=1S/C21H24N2O4/c1-4-20(24)23-11-5-6-14-12-16(8-9-17(14)23)22-21(25)15-7-10-18(26-2)19(13-15)27-3/h7-10,12-13H,4-6,11H2,1-3H3,(H,22,25). The number of methoxy groups -OCH3 is 2. The third-order valence-electron chi connectivity index (χ3n) is 4.71. The topological polar surface area (TPSA) is 67.9 Å². The van der Waals surface area contributed by atoms with Crippen LogP contribution >= 0.6 is 0 Å². The minimum Gasteiger partial charge on any atom is -0.493 e. The summed E-state index contributed by atoms with van der Waals surface area (Å²) < 4.78 is 10.5. The molecule has 142 valence electrons. The van der Waals surface area contributed by atoms with E-state index in [1.807, 2.05) is 30.0 Å². The minimum absolute atomic E-state index is 0.123. The van der Waals surface area contributed by atoms with Gasteiger partial charge in [0.2, 0.25) is 5.91 Å². The van der Waals surface area contributed by atoms with Gasteiger partial charge in [0.1, 0.15) is 0 Å². The highest BCUT2D eigenvalue weighted by Crippen LogP contribution is 2.31. The molecule has 0 bridgehead atoms. The Labute approximate surface area is 159 Å². The maximum atomic E-state index is 12.6. The van der Waals surface area contributed by atoms with Crippen LogP contribution in [0.1, 0.15) is 35.7 Å². The molecule has 0 aliphatic carbocycles. The summed E-state index contributed by atoms with van der Waals surface area (Å²) in [5, 5.41) is 2.92. The first-order chi connectivity index (χ1) is 13.1. The molecular formula is C21H24N2O4. The molecule has 1 aliphatic rings. The number of benzene rings is 2. The van der Waals surface area contributed by atoms with Gasteiger partial charge < -0.3 is 19.7 Å². The molecule has 1 heterocycles. The SMILES string of the molecule is CCC(=O)N1CCCc2cc(NC(=O)c3ccc(OC)c(OC)c3)ccc21. The summed E-state index contributed by atoms with van der Waals surface area (Å²) in [6.45, 7) is 2.62. The second kappa shape index (κ2) is 8.12. The number of carbonyl (C=O) groups excluding carboxylic acids is 2. The van der Waals surface area contributed by atoms with Gasteiger partial charge in [0, 0.05) is 29.9 Å². The molecule has 2 aromatic carbocycles. The fourth-order valence-electron chi connectivity index (χ4n) is 3.31. The van der Waals surface area contributed by atoms with Gasteiger partial charge in [0.15, 0.2) is 11.5 Å². The van der Waals surface area contributed by atoms with Crippen molar-refractivity contribution in [1.29, 1.82) is 0 Å². The van der Waals surface area contributed by atoms with Crippen molar-refractivity contribution >= 4 is 23.2 Å². The van der Waals surface area contributed by atoms with Crippen LogP contribution in [0.5, 0.6) is 11.5 Å². The van der Waals surface area contributed by atoms with Gasteiger partial charge in [-0.3, -0.25) is 9.59 Å². The average Bonchev–Trinajstić information content (AvgIpc) is 2.71. The molecule has 27 heavy (non-hydrogen) atoms. The lowest BCUT2D eigenvalue weighted by atomic mass is 10.0. The lowest BCUT2D eigenvalue weighted by Gasteiger charge is -2.29. The number of carbonyl (C=O) groups is 2. The summed E-state index contributed by atoms with van der Waals surface area (Å²) >= 11 is 0. The van der Waals surface area contributed by atoms with Crippen LogP contribution in [0.3, 0.4) is 0 Å². The summed E-state index contributed by atoms with van der Waals surface area (Å²) in [7, 11) is 3.09. The molecule has 1 aliphatic heterocycles. The number of nitrogens with one attached hydrogen (secondary N) is 1. The van der Waals surface area contributed by atoms with E-state index in [1.165, 1.54) is 7.11 Å². The van der Waals surface area contributed by atoms with E-state index >= 15 is 0 Å². The fourth-order valence-corrected chi connectivity index (χ4v) is 3.31. The first-order valence-corrected chi connectivity index (χ1v) is 9.04. The highest BCUT2D eigenvalue weighted by molar-refractivity contribution is 6.05. The molecule has 6 nitrogen and oxygen atoms in total. The van der Waals surface area contributed by atoms with E-state index in [1.54, 1.807) is 25.3 Å². The molecule has 0 saturated carbocycles. The lowest BCUT2D eigenvalue weighted by molar-refractivity contribution is -0.118. The quantitative estimate of drug-likeness (QED) is 0.875. The fraction of sp³-hybridized carbons (Fsp3) is 0.333. The molecule has 6 heteroatoms. The Balaban J connectivity index is 1.80. The number of hydrogen-bond donors (Lipinski definition) is 1. The van der Waals surface area contributed by atoms with Gasteiger partial charge in [0.25, 0.3) is 5.91 Å². The molecule has 0 unspecified atom stereocenters. The molecule has 2 aromatic rings. The Morgan fingerprint density at radius 3 is 2.56 bits per heavy atom. The van der Waals surface area contributed by atoms with Gasteiger partial charge in [-0.25, -0.2) is 0 Å². The summed E-state index contributed by atoms with van der Waals surface area (Å²) in [5.74, 6) is 0.971. The third-order valence-corrected chi connectivity index (χ3v) is 4.71. The Morgan fingerprint density at radius 2 is 1.85 bits per heavy atom. The predicted molar refractivity (Wildman–Crippen MR) is 105 cm³/mol. The number of ether oxygens (including phenoxy) is 2. The number of aryl methyl sites for hydroxylation is 1. The molecule has 0 fully saturated rings. The van der Waals surface area contributed by atoms with Crippen LogP contribution in [-0.2, 0) is 11.2 Å². The van der Waals surface area contributed by atoms with Crippen molar-refractivity contribution in [2.24, 2.45) is 0 Å². The zero-order valence-electron chi connectivity index (χ0n) is 15.9. The summed E-state index contributed by atoms with van der Waals surface area (Å²) in [6.07, 6.45) is 2.30. The van der Waals surface area contributed by atoms with Crippen LogP contribution in [0.2, 0.25) is 0 Å². The van der Waals surface area contributed by atoms with E-state index in [0.29, 0.717) is 29.2 Å². The summed E-state index contributed by atoms with van der Waals surface area (Å²) in [4.78, 5) is 26.6. The van der Waals surface area contributed by atoms with E-state index in [0.717, 1.165) is 30.6 Å². The first kappa shape index (κ1) is 18.8. The van der Waals surface area contributed by atoms with Crippen LogP contribution in [0.15, 0.2) is 36.4 Å². The van der Waals surface area contributed by atoms with Crippen molar-refractivity contribution in [2.75, 3.05) is 31.0 Å². The number of fused-ring (bicyclic) bond motifs is 1. The van der Waals surface area contributed by atoms with Gasteiger partial charge in [-0.15, -0.1) is 0 Å². The van der Waals surface area contributed by atoms with Gasteiger partial charge >= 0.3 is 0 Å². The van der Waals surface area contributed by atoms with E-state index in [-0.39, 0.29) is 11.8 Å². The zero-order valence-corrected chi connectivity index (χ0v) is 15.9. The maximum Gasteiger partial charge on any atom is 0.255 e. The van der Waals surface area contributed by atoms with Crippen LogP contribution in [0, 0.1) is 0 Å². The second-order valence-corrected chi connectivity index (χ2v) is 6.37. The summed E-state index contributed by atoms with van der Waals surface area (Å²) in [6, 6.07) is 10.7. The maximum absolute atomic E-state index is 12.6. The first-order valence-electron chi connectivity index (χ1n) is 9.04. The molecule has 0 saturated heterocycles. The highest BCUT2D eigenvalue weighted by Gasteiger charge is 2.22. The Morgan fingerprint density at radius 1 is 1.07 bits per heavy atom. The Hall–Kier alpha value is -3.02. The second-order valence-electron chi connectivity index (χ2n) is 6.37.